The number of aliphatic carboxylic acids is 1. The second-order valence-corrected chi connectivity index (χ2v) is 4.99. The van der Waals surface area contributed by atoms with Crippen LogP contribution in [0.3, 0.4) is 0 Å². The molecule has 0 radical (unpaired) electrons. The Morgan fingerprint density at radius 2 is 2.11 bits per heavy atom. The number of carboxylic acid groups (broad SMARTS) is 1. The molecule has 19 heavy (non-hydrogen) atoms. The molecule has 102 valence electrons. The van der Waals surface area contributed by atoms with Crippen LogP contribution in [0.25, 0.3) is 11.0 Å². The highest BCUT2D eigenvalue weighted by Gasteiger charge is 2.19. The Hall–Kier alpha value is -1.88. The first-order valence-corrected chi connectivity index (χ1v) is 6.32. The van der Waals surface area contributed by atoms with E-state index in [2.05, 4.69) is 24.1 Å². The number of hydrogen-bond acceptors (Lipinski definition) is 3. The van der Waals surface area contributed by atoms with Crippen LogP contribution < -0.4 is 5.32 Å². The van der Waals surface area contributed by atoms with E-state index in [9.17, 15) is 9.90 Å². The lowest BCUT2D eigenvalue weighted by atomic mass is 10.1. The Morgan fingerprint density at radius 1 is 1.42 bits per heavy atom. The Balaban J connectivity index is 2.57. The number of aryl methyl sites for hydroxylation is 1. The van der Waals surface area contributed by atoms with Gasteiger partial charge in [-0.25, -0.2) is 4.98 Å². The SMILES string of the molecule is CNC(C(=O)O)c1ccc2nc(C(C)C)n(C)c2c1. The molecule has 0 aliphatic heterocycles. The van der Waals surface area contributed by atoms with Gasteiger partial charge in [-0.2, -0.15) is 0 Å². The Bertz CT molecular complexity index is 616. The monoisotopic (exact) mass is 261 g/mol. The molecule has 0 fully saturated rings. The summed E-state index contributed by atoms with van der Waals surface area (Å²) in [5, 5.41) is 12.0. The Kier molecular flexibility index (Phi) is 3.57. The number of fused-ring (bicyclic) bond motifs is 1. The van der Waals surface area contributed by atoms with Gasteiger partial charge in [0.1, 0.15) is 11.9 Å². The Labute approximate surface area is 112 Å². The quantitative estimate of drug-likeness (QED) is 0.884. The number of carbonyl (C=O) groups is 1. The first kappa shape index (κ1) is 13.5. The van der Waals surface area contributed by atoms with Crippen LogP contribution in [0.1, 0.15) is 37.2 Å². The number of aromatic nitrogens is 2. The number of benzene rings is 1. The molecule has 0 saturated heterocycles. The van der Waals surface area contributed by atoms with Crippen LogP contribution in [0.15, 0.2) is 18.2 Å². The van der Waals surface area contributed by atoms with Gasteiger partial charge in [0.25, 0.3) is 0 Å². The fourth-order valence-electron chi connectivity index (χ4n) is 2.35. The maximum atomic E-state index is 11.2. The molecule has 0 aliphatic carbocycles. The highest BCUT2D eigenvalue weighted by molar-refractivity contribution is 5.81. The van der Waals surface area contributed by atoms with Crippen molar-refractivity contribution >= 4 is 17.0 Å². The van der Waals surface area contributed by atoms with Gasteiger partial charge in [0, 0.05) is 13.0 Å². The summed E-state index contributed by atoms with van der Waals surface area (Å²) in [6, 6.07) is 4.89. The summed E-state index contributed by atoms with van der Waals surface area (Å²) in [4.78, 5) is 15.8. The van der Waals surface area contributed by atoms with Gasteiger partial charge < -0.3 is 15.0 Å². The number of hydrogen-bond donors (Lipinski definition) is 2. The zero-order valence-corrected chi connectivity index (χ0v) is 11.6. The van der Waals surface area contributed by atoms with E-state index in [4.69, 9.17) is 0 Å². The van der Waals surface area contributed by atoms with Crippen molar-refractivity contribution in [1.82, 2.24) is 14.9 Å². The van der Waals surface area contributed by atoms with Crippen LogP contribution in [0.5, 0.6) is 0 Å². The van der Waals surface area contributed by atoms with Crippen LogP contribution in [0.2, 0.25) is 0 Å². The maximum absolute atomic E-state index is 11.2. The van der Waals surface area contributed by atoms with Crippen LogP contribution in [0, 0.1) is 0 Å². The van der Waals surface area contributed by atoms with E-state index in [1.165, 1.54) is 0 Å². The van der Waals surface area contributed by atoms with Gasteiger partial charge >= 0.3 is 5.97 Å². The topological polar surface area (TPSA) is 67.2 Å². The third kappa shape index (κ3) is 2.33. The highest BCUT2D eigenvalue weighted by atomic mass is 16.4. The first-order chi connectivity index (χ1) is 8.95. The average Bonchev–Trinajstić information content (AvgIpc) is 2.67. The van der Waals surface area contributed by atoms with Gasteiger partial charge in [-0.3, -0.25) is 4.79 Å². The predicted octanol–water partition coefficient (Wildman–Crippen LogP) is 2.04. The van der Waals surface area contributed by atoms with Gasteiger partial charge in [-0.1, -0.05) is 19.9 Å². The van der Waals surface area contributed by atoms with Crippen LogP contribution in [0.4, 0.5) is 0 Å². The molecule has 1 unspecified atom stereocenters. The molecule has 1 atom stereocenters. The number of rotatable bonds is 4. The summed E-state index contributed by atoms with van der Waals surface area (Å²) in [5.74, 6) is 0.456. The minimum absolute atomic E-state index is 0.334. The number of imidazole rings is 1. The van der Waals surface area contributed by atoms with Crippen molar-refractivity contribution in [2.24, 2.45) is 7.05 Å². The van der Waals surface area contributed by atoms with E-state index in [1.54, 1.807) is 7.05 Å². The third-order valence-corrected chi connectivity index (χ3v) is 3.32. The molecule has 2 N–H and O–H groups in total. The summed E-state index contributed by atoms with van der Waals surface area (Å²) in [6.07, 6.45) is 0. The van der Waals surface area contributed by atoms with Crippen molar-refractivity contribution in [2.45, 2.75) is 25.8 Å². The molecule has 5 nitrogen and oxygen atoms in total. The molecule has 1 aromatic heterocycles. The molecule has 0 saturated carbocycles. The fraction of sp³-hybridized carbons (Fsp3) is 0.429. The summed E-state index contributed by atoms with van der Waals surface area (Å²) in [5.41, 5.74) is 2.60. The van der Waals surface area contributed by atoms with Gasteiger partial charge in [0.2, 0.25) is 0 Å². The van der Waals surface area contributed by atoms with Crippen molar-refractivity contribution in [2.75, 3.05) is 7.05 Å². The van der Waals surface area contributed by atoms with Crippen molar-refractivity contribution in [3.05, 3.63) is 29.6 Å². The molecule has 5 heteroatoms. The van der Waals surface area contributed by atoms with Crippen molar-refractivity contribution < 1.29 is 9.90 Å². The largest absolute Gasteiger partial charge is 0.480 e. The van der Waals surface area contributed by atoms with E-state index in [1.807, 2.05) is 29.8 Å². The molecule has 1 heterocycles. The predicted molar refractivity (Wildman–Crippen MR) is 74.2 cm³/mol. The average molecular weight is 261 g/mol. The smallest absolute Gasteiger partial charge is 0.325 e. The first-order valence-electron chi connectivity index (χ1n) is 6.32. The lowest BCUT2D eigenvalue weighted by Gasteiger charge is -2.11. The zero-order chi connectivity index (χ0) is 14.2. The minimum Gasteiger partial charge on any atom is -0.480 e. The normalized spacial score (nSPS) is 13.1. The summed E-state index contributed by atoms with van der Waals surface area (Å²) in [7, 11) is 3.61. The number of likely N-dealkylation sites (N-methyl/N-ethyl adjacent to an activating group) is 1. The van der Waals surface area contributed by atoms with Crippen molar-refractivity contribution in [3.63, 3.8) is 0 Å². The lowest BCUT2D eigenvalue weighted by Crippen LogP contribution is -2.24. The van der Waals surface area contributed by atoms with E-state index in [0.717, 1.165) is 22.4 Å². The summed E-state index contributed by atoms with van der Waals surface area (Å²) in [6.45, 7) is 4.19. The van der Waals surface area contributed by atoms with E-state index < -0.39 is 12.0 Å². The number of nitrogens with zero attached hydrogens (tertiary/aromatic N) is 2. The molecule has 2 rings (SSSR count). The van der Waals surface area contributed by atoms with Gasteiger partial charge in [0.15, 0.2) is 0 Å². The molecular weight excluding hydrogens is 242 g/mol. The molecule has 0 aliphatic rings. The van der Waals surface area contributed by atoms with E-state index in [-0.39, 0.29) is 0 Å². The van der Waals surface area contributed by atoms with Gasteiger partial charge in [-0.15, -0.1) is 0 Å². The second-order valence-electron chi connectivity index (χ2n) is 4.99. The van der Waals surface area contributed by atoms with Crippen molar-refractivity contribution in [3.8, 4) is 0 Å². The molecule has 0 bridgehead atoms. The molecule has 1 aromatic carbocycles. The van der Waals surface area contributed by atoms with Crippen LogP contribution >= 0.6 is 0 Å². The number of carboxylic acids is 1. The highest BCUT2D eigenvalue weighted by Crippen LogP contribution is 2.24. The standard InChI is InChI=1S/C14H19N3O2/c1-8(2)13-16-10-6-5-9(7-11(10)17(13)4)12(15-3)14(18)19/h5-8,12,15H,1-4H3,(H,18,19). The minimum atomic E-state index is -0.881. The molecule has 0 spiro atoms. The summed E-state index contributed by atoms with van der Waals surface area (Å²) >= 11 is 0. The fourth-order valence-corrected chi connectivity index (χ4v) is 2.35. The molecule has 2 aromatic rings. The second kappa shape index (κ2) is 5.01. The zero-order valence-electron chi connectivity index (χ0n) is 11.6. The van der Waals surface area contributed by atoms with Gasteiger partial charge in [-0.05, 0) is 24.7 Å². The van der Waals surface area contributed by atoms with E-state index in [0.29, 0.717) is 5.92 Å². The maximum Gasteiger partial charge on any atom is 0.325 e. The van der Waals surface area contributed by atoms with Gasteiger partial charge in [0.05, 0.1) is 11.0 Å². The van der Waals surface area contributed by atoms with Crippen LogP contribution in [-0.2, 0) is 11.8 Å². The van der Waals surface area contributed by atoms with Crippen molar-refractivity contribution in [1.29, 1.82) is 0 Å². The summed E-state index contributed by atoms with van der Waals surface area (Å²) < 4.78 is 2.03. The molecule has 0 amide bonds. The van der Waals surface area contributed by atoms with Crippen LogP contribution in [-0.4, -0.2) is 27.7 Å². The van der Waals surface area contributed by atoms with E-state index >= 15 is 0 Å². The molecular formula is C14H19N3O2. The number of nitrogens with one attached hydrogen (secondary N) is 1. The lowest BCUT2D eigenvalue weighted by molar-refractivity contribution is -0.139. The Morgan fingerprint density at radius 3 is 2.63 bits per heavy atom. The third-order valence-electron chi connectivity index (χ3n) is 3.32.